The molecule has 2 heteroatoms. The molecule has 0 amide bonds. The van der Waals surface area contributed by atoms with Crippen molar-refractivity contribution in [1.29, 1.82) is 0 Å². The summed E-state index contributed by atoms with van der Waals surface area (Å²) >= 11 is 0. The van der Waals surface area contributed by atoms with Crippen molar-refractivity contribution in [3.05, 3.63) is 29.8 Å². The predicted octanol–water partition coefficient (Wildman–Crippen LogP) is 3.54. The Morgan fingerprint density at radius 3 is 2.56 bits per heavy atom. The highest BCUT2D eigenvalue weighted by atomic mass is 16.5. The van der Waals surface area contributed by atoms with Crippen LogP contribution < -0.4 is 10.5 Å². The highest BCUT2D eigenvalue weighted by molar-refractivity contribution is 5.27. The number of ether oxygens (including phenoxy) is 1. The standard InChI is InChI=1S/C16H25NO/c1-2-11-18-15-9-7-13(8-10-15)12-14-5-3-4-6-16(14)17/h7-10,14,16H,2-6,11-12,17H2,1H3. The van der Waals surface area contributed by atoms with Crippen LogP contribution in [0, 0.1) is 5.92 Å². The molecular formula is C16H25NO. The summed E-state index contributed by atoms with van der Waals surface area (Å²) in [6.45, 7) is 2.92. The van der Waals surface area contributed by atoms with Gasteiger partial charge >= 0.3 is 0 Å². The van der Waals surface area contributed by atoms with Crippen molar-refractivity contribution in [2.45, 2.75) is 51.5 Å². The second-order valence-corrected chi connectivity index (χ2v) is 5.40. The minimum atomic E-state index is 0.398. The Bertz CT molecular complexity index is 347. The van der Waals surface area contributed by atoms with Crippen molar-refractivity contribution in [3.8, 4) is 5.75 Å². The number of hydrogen-bond donors (Lipinski definition) is 1. The van der Waals surface area contributed by atoms with Gasteiger partial charge in [-0.25, -0.2) is 0 Å². The molecule has 1 saturated carbocycles. The van der Waals surface area contributed by atoms with Gasteiger partial charge in [0.25, 0.3) is 0 Å². The van der Waals surface area contributed by atoms with E-state index in [-0.39, 0.29) is 0 Å². The second-order valence-electron chi connectivity index (χ2n) is 5.40. The highest BCUT2D eigenvalue weighted by Crippen LogP contribution is 2.26. The van der Waals surface area contributed by atoms with Gasteiger partial charge in [-0.05, 0) is 49.3 Å². The first kappa shape index (κ1) is 13.4. The molecule has 0 bridgehead atoms. The van der Waals surface area contributed by atoms with Crippen molar-refractivity contribution in [2.24, 2.45) is 11.7 Å². The lowest BCUT2D eigenvalue weighted by molar-refractivity contribution is 0.305. The van der Waals surface area contributed by atoms with E-state index in [1.165, 1.54) is 31.2 Å². The third-order valence-corrected chi connectivity index (χ3v) is 3.86. The molecule has 0 radical (unpaired) electrons. The zero-order valence-corrected chi connectivity index (χ0v) is 11.4. The van der Waals surface area contributed by atoms with E-state index in [9.17, 15) is 0 Å². The third-order valence-electron chi connectivity index (χ3n) is 3.86. The van der Waals surface area contributed by atoms with Gasteiger partial charge in [-0.2, -0.15) is 0 Å². The Hall–Kier alpha value is -1.02. The minimum absolute atomic E-state index is 0.398. The molecule has 18 heavy (non-hydrogen) atoms. The van der Waals surface area contributed by atoms with Gasteiger partial charge in [0, 0.05) is 6.04 Å². The minimum Gasteiger partial charge on any atom is -0.494 e. The first-order valence-electron chi connectivity index (χ1n) is 7.27. The molecular weight excluding hydrogens is 222 g/mol. The summed E-state index contributed by atoms with van der Waals surface area (Å²) in [5.41, 5.74) is 7.59. The molecule has 100 valence electrons. The van der Waals surface area contributed by atoms with Crippen molar-refractivity contribution in [1.82, 2.24) is 0 Å². The first-order chi connectivity index (χ1) is 8.79. The van der Waals surface area contributed by atoms with Crippen LogP contribution in [0.15, 0.2) is 24.3 Å². The third kappa shape index (κ3) is 3.74. The molecule has 1 aliphatic carbocycles. The van der Waals surface area contributed by atoms with Gasteiger partial charge in [0.2, 0.25) is 0 Å². The molecule has 0 aliphatic heterocycles. The fourth-order valence-electron chi connectivity index (χ4n) is 2.73. The zero-order chi connectivity index (χ0) is 12.8. The Morgan fingerprint density at radius 1 is 1.17 bits per heavy atom. The van der Waals surface area contributed by atoms with Crippen molar-refractivity contribution in [3.63, 3.8) is 0 Å². The predicted molar refractivity (Wildman–Crippen MR) is 75.9 cm³/mol. The normalized spacial score (nSPS) is 23.9. The Labute approximate surface area is 111 Å². The van der Waals surface area contributed by atoms with Gasteiger partial charge in [-0.3, -0.25) is 0 Å². The maximum absolute atomic E-state index is 6.20. The molecule has 1 aromatic carbocycles. The van der Waals surface area contributed by atoms with Crippen LogP contribution >= 0.6 is 0 Å². The van der Waals surface area contributed by atoms with E-state index < -0.39 is 0 Å². The summed E-state index contributed by atoms with van der Waals surface area (Å²) in [6.07, 6.45) is 7.31. The Kier molecular flexibility index (Phi) is 5.06. The fourth-order valence-corrected chi connectivity index (χ4v) is 2.73. The molecule has 1 aromatic rings. The lowest BCUT2D eigenvalue weighted by atomic mass is 9.81. The number of hydrogen-bond acceptors (Lipinski definition) is 2. The number of benzene rings is 1. The monoisotopic (exact) mass is 247 g/mol. The summed E-state index contributed by atoms with van der Waals surface area (Å²) in [6, 6.07) is 8.94. The van der Waals surface area contributed by atoms with Crippen molar-refractivity contribution in [2.75, 3.05) is 6.61 Å². The summed E-state index contributed by atoms with van der Waals surface area (Å²) in [4.78, 5) is 0. The van der Waals surface area contributed by atoms with Crippen molar-refractivity contribution >= 4 is 0 Å². The van der Waals surface area contributed by atoms with E-state index in [1.807, 2.05) is 0 Å². The Morgan fingerprint density at radius 2 is 1.89 bits per heavy atom. The van der Waals surface area contributed by atoms with Gasteiger partial charge in [-0.15, -0.1) is 0 Å². The van der Waals surface area contributed by atoms with Crippen LogP contribution in [0.2, 0.25) is 0 Å². The first-order valence-corrected chi connectivity index (χ1v) is 7.27. The summed E-state index contributed by atoms with van der Waals surface area (Å²) in [5.74, 6) is 1.65. The maximum atomic E-state index is 6.20. The van der Waals surface area contributed by atoms with Crippen LogP contribution in [0.4, 0.5) is 0 Å². The average molecular weight is 247 g/mol. The lowest BCUT2D eigenvalue weighted by Gasteiger charge is -2.28. The van der Waals surface area contributed by atoms with E-state index in [0.717, 1.165) is 25.2 Å². The van der Waals surface area contributed by atoms with Gasteiger partial charge in [0.15, 0.2) is 0 Å². The van der Waals surface area contributed by atoms with E-state index in [2.05, 4.69) is 31.2 Å². The fraction of sp³-hybridized carbons (Fsp3) is 0.625. The molecule has 2 nitrogen and oxygen atoms in total. The SMILES string of the molecule is CCCOc1ccc(CC2CCCCC2N)cc1. The zero-order valence-electron chi connectivity index (χ0n) is 11.4. The number of rotatable bonds is 5. The Balaban J connectivity index is 1.89. The summed E-state index contributed by atoms with van der Waals surface area (Å²) in [7, 11) is 0. The molecule has 0 spiro atoms. The molecule has 0 aromatic heterocycles. The van der Waals surface area contributed by atoms with Gasteiger partial charge < -0.3 is 10.5 Å². The molecule has 1 fully saturated rings. The molecule has 2 atom stereocenters. The smallest absolute Gasteiger partial charge is 0.119 e. The van der Waals surface area contributed by atoms with Crippen LogP contribution in [0.5, 0.6) is 5.75 Å². The van der Waals surface area contributed by atoms with Crippen molar-refractivity contribution < 1.29 is 4.74 Å². The molecule has 2 unspecified atom stereocenters. The van der Waals surface area contributed by atoms with Gasteiger partial charge in [-0.1, -0.05) is 31.9 Å². The van der Waals surface area contributed by atoms with Crippen LogP contribution in [0.25, 0.3) is 0 Å². The average Bonchev–Trinajstić information content (AvgIpc) is 2.41. The quantitative estimate of drug-likeness (QED) is 0.863. The molecule has 0 saturated heterocycles. The second kappa shape index (κ2) is 6.79. The van der Waals surface area contributed by atoms with Crippen LogP contribution in [0.3, 0.4) is 0 Å². The number of nitrogens with two attached hydrogens (primary N) is 1. The van der Waals surface area contributed by atoms with Crippen LogP contribution in [-0.4, -0.2) is 12.6 Å². The van der Waals surface area contributed by atoms with Crippen LogP contribution in [-0.2, 0) is 6.42 Å². The van der Waals surface area contributed by atoms with Gasteiger partial charge in [0.05, 0.1) is 6.61 Å². The molecule has 1 aliphatic rings. The molecule has 0 heterocycles. The van der Waals surface area contributed by atoms with E-state index in [0.29, 0.717) is 12.0 Å². The van der Waals surface area contributed by atoms with Gasteiger partial charge in [0.1, 0.15) is 5.75 Å². The highest BCUT2D eigenvalue weighted by Gasteiger charge is 2.21. The molecule has 2 rings (SSSR count). The largest absolute Gasteiger partial charge is 0.494 e. The van der Waals surface area contributed by atoms with E-state index >= 15 is 0 Å². The summed E-state index contributed by atoms with van der Waals surface area (Å²) in [5, 5.41) is 0. The van der Waals surface area contributed by atoms with Crippen LogP contribution in [0.1, 0.15) is 44.6 Å². The van der Waals surface area contributed by atoms with E-state index in [1.54, 1.807) is 0 Å². The molecule has 2 N–H and O–H groups in total. The maximum Gasteiger partial charge on any atom is 0.119 e. The topological polar surface area (TPSA) is 35.2 Å². The van der Waals surface area contributed by atoms with E-state index in [4.69, 9.17) is 10.5 Å². The lowest BCUT2D eigenvalue weighted by Crippen LogP contribution is -2.34. The summed E-state index contributed by atoms with van der Waals surface area (Å²) < 4.78 is 5.60.